The van der Waals surface area contributed by atoms with Crippen LogP contribution in [0.4, 0.5) is 17.6 Å². The molecule has 0 aliphatic heterocycles. The normalized spacial score (nSPS) is 14.8. The average molecular weight is 293 g/mol. The summed E-state index contributed by atoms with van der Waals surface area (Å²) in [4.78, 5) is -0.199. The van der Waals surface area contributed by atoms with Gasteiger partial charge in [0.15, 0.2) is 6.10 Å². The van der Waals surface area contributed by atoms with Crippen LogP contribution in [0, 0.1) is 0 Å². The highest BCUT2D eigenvalue weighted by atomic mass is 79.9. The Hall–Kier alpha value is -0.140. The number of thiophene rings is 1. The molecule has 1 nitrogen and oxygen atoms in total. The maximum atomic E-state index is 12.7. The fourth-order valence-corrected chi connectivity index (χ4v) is 2.42. The first-order valence-electron chi connectivity index (χ1n) is 3.44. The summed E-state index contributed by atoms with van der Waals surface area (Å²) in [5.41, 5.74) is 0. The smallest absolute Gasteiger partial charge is 0.337 e. The van der Waals surface area contributed by atoms with Crippen molar-refractivity contribution in [3.8, 4) is 0 Å². The van der Waals surface area contributed by atoms with E-state index in [0.29, 0.717) is 0 Å². The number of aliphatic hydroxyl groups is 1. The highest BCUT2D eigenvalue weighted by Gasteiger charge is 2.49. The van der Waals surface area contributed by atoms with E-state index in [1.807, 2.05) is 0 Å². The Balaban J connectivity index is 2.96. The molecule has 0 spiro atoms. The Kier molecular flexibility index (Phi) is 3.54. The van der Waals surface area contributed by atoms with Crippen molar-refractivity contribution < 1.29 is 22.7 Å². The molecule has 0 fully saturated rings. The van der Waals surface area contributed by atoms with Crippen molar-refractivity contribution in [2.45, 2.75) is 18.5 Å². The first-order chi connectivity index (χ1) is 6.37. The quantitative estimate of drug-likeness (QED) is 0.846. The summed E-state index contributed by atoms with van der Waals surface area (Å²) in [7, 11) is 0. The molecule has 1 aromatic heterocycles. The highest BCUT2D eigenvalue weighted by molar-refractivity contribution is 9.10. The second kappa shape index (κ2) is 4.16. The third-order valence-electron chi connectivity index (χ3n) is 1.55. The maximum absolute atomic E-state index is 12.7. The van der Waals surface area contributed by atoms with Crippen molar-refractivity contribution in [2.75, 3.05) is 0 Å². The van der Waals surface area contributed by atoms with E-state index in [9.17, 15) is 17.6 Å². The van der Waals surface area contributed by atoms with Crippen molar-refractivity contribution in [1.29, 1.82) is 0 Å². The van der Waals surface area contributed by atoms with Gasteiger partial charge in [-0.3, -0.25) is 0 Å². The number of alkyl halides is 4. The molecule has 0 saturated carbocycles. The van der Waals surface area contributed by atoms with Gasteiger partial charge in [-0.15, -0.1) is 11.3 Å². The lowest BCUT2D eigenvalue weighted by atomic mass is 10.1. The minimum absolute atomic E-state index is 0.199. The number of aliphatic hydroxyl groups excluding tert-OH is 1. The maximum Gasteiger partial charge on any atom is 0.337 e. The molecule has 1 atom stereocenters. The van der Waals surface area contributed by atoms with Crippen molar-refractivity contribution in [2.24, 2.45) is 0 Å². The lowest BCUT2D eigenvalue weighted by Crippen LogP contribution is -2.33. The number of hydrogen-bond donors (Lipinski definition) is 1. The molecular formula is C7H5BrF4OS. The van der Waals surface area contributed by atoms with Gasteiger partial charge in [0.1, 0.15) is 0 Å². The van der Waals surface area contributed by atoms with Crippen molar-refractivity contribution in [3.05, 3.63) is 20.8 Å². The van der Waals surface area contributed by atoms with E-state index >= 15 is 0 Å². The van der Waals surface area contributed by atoms with Crippen LogP contribution in [0.1, 0.15) is 11.0 Å². The van der Waals surface area contributed by atoms with E-state index in [0.717, 1.165) is 11.3 Å². The van der Waals surface area contributed by atoms with Gasteiger partial charge < -0.3 is 5.11 Å². The SMILES string of the molecule is OC(c1sccc1Br)C(F)(F)C(F)F. The molecule has 7 heteroatoms. The predicted molar refractivity (Wildman–Crippen MR) is 47.9 cm³/mol. The van der Waals surface area contributed by atoms with Crippen molar-refractivity contribution in [3.63, 3.8) is 0 Å². The zero-order valence-electron chi connectivity index (χ0n) is 6.55. The largest absolute Gasteiger partial charge is 0.381 e. The first kappa shape index (κ1) is 11.9. The molecule has 0 bridgehead atoms. The summed E-state index contributed by atoms with van der Waals surface area (Å²) in [5.74, 6) is -4.42. The Bertz CT molecular complexity index is 314. The fourth-order valence-electron chi connectivity index (χ4n) is 0.795. The van der Waals surface area contributed by atoms with E-state index in [4.69, 9.17) is 5.11 Å². The summed E-state index contributed by atoms with van der Waals surface area (Å²) < 4.78 is 49.3. The fraction of sp³-hybridized carbons (Fsp3) is 0.429. The average Bonchev–Trinajstić information content (AvgIpc) is 2.49. The lowest BCUT2D eigenvalue weighted by Gasteiger charge is -2.20. The second-order valence-corrected chi connectivity index (χ2v) is 4.31. The molecule has 0 saturated heterocycles. The Morgan fingerprint density at radius 2 is 2.00 bits per heavy atom. The third kappa shape index (κ3) is 2.09. The van der Waals surface area contributed by atoms with Crippen LogP contribution in [0.5, 0.6) is 0 Å². The lowest BCUT2D eigenvalue weighted by molar-refractivity contribution is -0.193. The molecule has 0 radical (unpaired) electrons. The van der Waals surface area contributed by atoms with E-state index in [-0.39, 0.29) is 9.35 Å². The van der Waals surface area contributed by atoms with Gasteiger partial charge in [0.05, 0.1) is 4.88 Å². The number of rotatable bonds is 3. The van der Waals surface area contributed by atoms with Crippen molar-refractivity contribution in [1.82, 2.24) is 0 Å². The van der Waals surface area contributed by atoms with Crippen LogP contribution in [-0.2, 0) is 0 Å². The molecule has 0 aliphatic carbocycles. The molecule has 1 rings (SSSR count). The third-order valence-corrected chi connectivity index (χ3v) is 3.47. The van der Waals surface area contributed by atoms with Gasteiger partial charge >= 0.3 is 12.3 Å². The van der Waals surface area contributed by atoms with Crippen LogP contribution in [0.3, 0.4) is 0 Å². The molecule has 0 amide bonds. The molecule has 1 unspecified atom stereocenters. The van der Waals surface area contributed by atoms with Crippen LogP contribution in [0.25, 0.3) is 0 Å². The van der Waals surface area contributed by atoms with Gasteiger partial charge in [-0.25, -0.2) is 8.78 Å². The Labute approximate surface area is 89.5 Å². The van der Waals surface area contributed by atoms with Crippen LogP contribution in [-0.4, -0.2) is 17.5 Å². The number of halogens is 5. The molecule has 14 heavy (non-hydrogen) atoms. The standard InChI is InChI=1S/C7H5BrF4OS/c8-3-1-2-14-4(3)5(13)7(11,12)6(9)10/h1-2,5-6,13H. The summed E-state index contributed by atoms with van der Waals surface area (Å²) in [6.45, 7) is 0. The van der Waals surface area contributed by atoms with E-state index in [1.165, 1.54) is 11.4 Å². The van der Waals surface area contributed by atoms with Crippen LogP contribution < -0.4 is 0 Å². The second-order valence-electron chi connectivity index (χ2n) is 2.51. The minimum Gasteiger partial charge on any atom is -0.381 e. The zero-order valence-corrected chi connectivity index (χ0v) is 8.96. The molecule has 1 aromatic rings. The van der Waals surface area contributed by atoms with Gasteiger partial charge in [0.2, 0.25) is 0 Å². The molecular weight excluding hydrogens is 288 g/mol. The summed E-state index contributed by atoms with van der Waals surface area (Å²) in [6, 6.07) is 1.41. The van der Waals surface area contributed by atoms with Crippen LogP contribution in [0.15, 0.2) is 15.9 Å². The van der Waals surface area contributed by atoms with Gasteiger partial charge in [-0.05, 0) is 27.4 Å². The summed E-state index contributed by atoms with van der Waals surface area (Å²) >= 11 is 3.67. The van der Waals surface area contributed by atoms with E-state index in [2.05, 4.69) is 15.9 Å². The molecule has 0 aromatic carbocycles. The topological polar surface area (TPSA) is 20.2 Å². The molecule has 80 valence electrons. The first-order valence-corrected chi connectivity index (χ1v) is 5.11. The Morgan fingerprint density at radius 3 is 2.36 bits per heavy atom. The molecule has 1 N–H and O–H groups in total. The van der Waals surface area contributed by atoms with Gasteiger partial charge in [-0.2, -0.15) is 8.78 Å². The number of hydrogen-bond acceptors (Lipinski definition) is 2. The van der Waals surface area contributed by atoms with Gasteiger partial charge in [0.25, 0.3) is 0 Å². The Morgan fingerprint density at radius 1 is 1.43 bits per heavy atom. The zero-order chi connectivity index (χ0) is 10.9. The monoisotopic (exact) mass is 292 g/mol. The van der Waals surface area contributed by atoms with Crippen LogP contribution >= 0.6 is 27.3 Å². The highest BCUT2D eigenvalue weighted by Crippen LogP contribution is 2.41. The summed E-state index contributed by atoms with van der Waals surface area (Å²) in [6.07, 6.45) is -6.36. The van der Waals surface area contributed by atoms with Gasteiger partial charge in [-0.1, -0.05) is 0 Å². The van der Waals surface area contributed by atoms with Crippen LogP contribution in [0.2, 0.25) is 0 Å². The molecule has 1 heterocycles. The van der Waals surface area contributed by atoms with Gasteiger partial charge in [0, 0.05) is 4.47 Å². The van der Waals surface area contributed by atoms with Crippen molar-refractivity contribution >= 4 is 27.3 Å². The predicted octanol–water partition coefficient (Wildman–Crippen LogP) is 3.44. The van der Waals surface area contributed by atoms with E-state index in [1.54, 1.807) is 0 Å². The summed E-state index contributed by atoms with van der Waals surface area (Å²) in [5, 5.41) is 10.5. The van der Waals surface area contributed by atoms with E-state index < -0.39 is 18.5 Å². The minimum atomic E-state index is -4.42. The molecule has 0 aliphatic rings.